The molecule has 3 rings (SSSR count). The van der Waals surface area contributed by atoms with Crippen LogP contribution in [0.4, 0.5) is 0 Å². The molecule has 7 heteroatoms. The van der Waals surface area contributed by atoms with E-state index in [1.165, 1.54) is 5.69 Å². The van der Waals surface area contributed by atoms with Crippen molar-refractivity contribution in [1.29, 1.82) is 0 Å². The van der Waals surface area contributed by atoms with Crippen LogP contribution in [0.2, 0.25) is 0 Å². The van der Waals surface area contributed by atoms with Crippen LogP contribution in [0.5, 0.6) is 0 Å². The zero-order valence-electron chi connectivity index (χ0n) is 16.3. The monoisotopic (exact) mass is 363 g/mol. The first-order valence-corrected chi connectivity index (χ1v) is 9.89. The molecule has 26 heavy (non-hydrogen) atoms. The van der Waals surface area contributed by atoms with E-state index in [0.717, 1.165) is 83.9 Å². The molecule has 146 valence electrons. The Hall–Kier alpha value is -1.44. The van der Waals surface area contributed by atoms with Crippen molar-refractivity contribution in [2.45, 2.75) is 38.8 Å². The average Bonchev–Trinajstić information content (AvgIpc) is 2.92. The minimum Gasteiger partial charge on any atom is -0.385 e. The van der Waals surface area contributed by atoms with Crippen molar-refractivity contribution in [2.75, 3.05) is 60.0 Å². The van der Waals surface area contributed by atoms with Gasteiger partial charge in [-0.15, -0.1) is 0 Å². The average molecular weight is 364 g/mol. The minimum atomic E-state index is 0.266. The highest BCUT2D eigenvalue weighted by Gasteiger charge is 2.20. The van der Waals surface area contributed by atoms with Crippen LogP contribution >= 0.6 is 0 Å². The Balaban J connectivity index is 1.50. The van der Waals surface area contributed by atoms with Gasteiger partial charge in [-0.3, -0.25) is 14.4 Å². The zero-order valence-corrected chi connectivity index (χ0v) is 16.3. The van der Waals surface area contributed by atoms with Gasteiger partial charge in [0.1, 0.15) is 0 Å². The van der Waals surface area contributed by atoms with Crippen LogP contribution in [0.15, 0.2) is 6.07 Å². The van der Waals surface area contributed by atoms with Crippen LogP contribution in [0.25, 0.3) is 0 Å². The number of ether oxygens (including phenoxy) is 1. The van der Waals surface area contributed by atoms with Gasteiger partial charge in [-0.2, -0.15) is 5.10 Å². The van der Waals surface area contributed by atoms with Gasteiger partial charge < -0.3 is 14.5 Å². The number of amides is 1. The van der Waals surface area contributed by atoms with Crippen LogP contribution in [-0.4, -0.2) is 90.4 Å². The number of piperazine rings is 1. The highest BCUT2D eigenvalue weighted by Crippen LogP contribution is 2.15. The molecule has 0 N–H and O–H groups in total. The molecule has 0 aliphatic carbocycles. The van der Waals surface area contributed by atoms with Gasteiger partial charge in [0.15, 0.2) is 0 Å². The van der Waals surface area contributed by atoms with E-state index in [4.69, 9.17) is 9.84 Å². The van der Waals surface area contributed by atoms with Gasteiger partial charge in [-0.25, -0.2) is 0 Å². The number of carbonyl (C=O) groups excluding carboxylic acids is 1. The predicted octanol–water partition coefficient (Wildman–Crippen LogP) is 0.832. The van der Waals surface area contributed by atoms with E-state index >= 15 is 0 Å². The number of methoxy groups -OCH3 is 1. The van der Waals surface area contributed by atoms with Crippen molar-refractivity contribution in [1.82, 2.24) is 24.5 Å². The van der Waals surface area contributed by atoms with Gasteiger partial charge in [0.25, 0.3) is 0 Å². The van der Waals surface area contributed by atoms with Crippen molar-refractivity contribution in [3.63, 3.8) is 0 Å². The summed E-state index contributed by atoms with van der Waals surface area (Å²) in [6, 6.07) is 2.20. The van der Waals surface area contributed by atoms with Gasteiger partial charge in [0.2, 0.25) is 5.91 Å². The van der Waals surface area contributed by atoms with Crippen molar-refractivity contribution in [3.05, 3.63) is 17.5 Å². The molecule has 2 aliphatic rings. The van der Waals surface area contributed by atoms with Crippen LogP contribution < -0.4 is 0 Å². The summed E-state index contributed by atoms with van der Waals surface area (Å²) in [5.41, 5.74) is 2.34. The second kappa shape index (κ2) is 9.48. The fraction of sp³-hybridized carbons (Fsp3) is 0.789. The van der Waals surface area contributed by atoms with Crippen LogP contribution in [0.1, 0.15) is 30.7 Å². The molecule has 0 radical (unpaired) electrons. The largest absolute Gasteiger partial charge is 0.385 e. The third-order valence-electron chi connectivity index (χ3n) is 5.42. The molecule has 0 spiro atoms. The number of likely N-dealkylation sites (N-methyl/N-ethyl adjacent to an activating group) is 1. The molecular formula is C19H33N5O2. The Morgan fingerprint density at radius 2 is 2.00 bits per heavy atom. The number of carbonyl (C=O) groups is 1. The van der Waals surface area contributed by atoms with Crippen LogP contribution in [-0.2, 0) is 29.0 Å². The van der Waals surface area contributed by atoms with Gasteiger partial charge in [-0.05, 0) is 26.0 Å². The van der Waals surface area contributed by atoms with Crippen LogP contribution in [0.3, 0.4) is 0 Å². The van der Waals surface area contributed by atoms with E-state index < -0.39 is 0 Å². The van der Waals surface area contributed by atoms with Crippen molar-refractivity contribution < 1.29 is 9.53 Å². The highest BCUT2D eigenvalue weighted by atomic mass is 16.5. The maximum atomic E-state index is 12.4. The van der Waals surface area contributed by atoms with Crippen molar-refractivity contribution >= 4 is 5.91 Å². The van der Waals surface area contributed by atoms with Gasteiger partial charge in [0.05, 0.1) is 11.4 Å². The lowest BCUT2D eigenvalue weighted by atomic mass is 10.2. The van der Waals surface area contributed by atoms with Crippen molar-refractivity contribution in [2.24, 2.45) is 0 Å². The smallest absolute Gasteiger partial charge is 0.223 e. The molecule has 2 aliphatic heterocycles. The summed E-state index contributed by atoms with van der Waals surface area (Å²) < 4.78 is 7.31. The first-order valence-electron chi connectivity index (χ1n) is 9.89. The molecule has 1 fully saturated rings. The number of fused-ring (bicyclic) bond motifs is 1. The maximum Gasteiger partial charge on any atom is 0.223 e. The maximum absolute atomic E-state index is 12.4. The Morgan fingerprint density at radius 1 is 1.19 bits per heavy atom. The Labute approximate surface area is 156 Å². The highest BCUT2D eigenvalue weighted by molar-refractivity contribution is 5.76. The molecular weight excluding hydrogens is 330 g/mol. The Morgan fingerprint density at radius 3 is 2.77 bits per heavy atom. The molecule has 0 bridgehead atoms. The molecule has 0 unspecified atom stereocenters. The first-order chi connectivity index (χ1) is 12.7. The number of hydrogen-bond acceptors (Lipinski definition) is 5. The van der Waals surface area contributed by atoms with Gasteiger partial charge in [0, 0.05) is 78.9 Å². The lowest BCUT2D eigenvalue weighted by molar-refractivity contribution is -0.132. The second-order valence-corrected chi connectivity index (χ2v) is 7.51. The Bertz CT molecular complexity index is 580. The van der Waals surface area contributed by atoms with E-state index in [-0.39, 0.29) is 5.91 Å². The lowest BCUT2D eigenvalue weighted by Crippen LogP contribution is -2.47. The van der Waals surface area contributed by atoms with Gasteiger partial charge >= 0.3 is 0 Å². The van der Waals surface area contributed by atoms with E-state index in [1.54, 1.807) is 7.11 Å². The number of aryl methyl sites for hydroxylation is 2. The molecule has 0 saturated carbocycles. The topological polar surface area (TPSA) is 53.8 Å². The van der Waals surface area contributed by atoms with E-state index in [1.807, 2.05) is 4.90 Å². The number of hydrogen-bond donors (Lipinski definition) is 0. The second-order valence-electron chi connectivity index (χ2n) is 7.51. The molecule has 7 nitrogen and oxygen atoms in total. The summed E-state index contributed by atoms with van der Waals surface area (Å²) in [4.78, 5) is 19.2. The fourth-order valence-electron chi connectivity index (χ4n) is 3.78. The minimum absolute atomic E-state index is 0.266. The van der Waals surface area contributed by atoms with Crippen molar-refractivity contribution in [3.8, 4) is 0 Å². The number of aromatic nitrogens is 2. The first kappa shape index (κ1) is 19.3. The summed E-state index contributed by atoms with van der Waals surface area (Å²) in [6.07, 6.45) is 3.50. The number of nitrogens with zero attached hydrogens (tertiary/aromatic N) is 5. The number of rotatable bonds is 7. The normalized spacial score (nSPS) is 19.4. The Kier molecular flexibility index (Phi) is 7.05. The van der Waals surface area contributed by atoms with Crippen LogP contribution in [0, 0.1) is 0 Å². The van der Waals surface area contributed by atoms with E-state index in [9.17, 15) is 4.79 Å². The summed E-state index contributed by atoms with van der Waals surface area (Å²) in [7, 11) is 3.87. The fourth-order valence-corrected chi connectivity index (χ4v) is 3.78. The SMILES string of the molecule is COCCCN1CCCn2nc(CCC(=O)N3CCN(C)CC3)cc2C1. The molecule has 1 saturated heterocycles. The zero-order chi connectivity index (χ0) is 18.4. The molecule has 1 aromatic heterocycles. The third kappa shape index (κ3) is 5.28. The predicted molar refractivity (Wildman–Crippen MR) is 101 cm³/mol. The molecule has 0 aromatic carbocycles. The van der Waals surface area contributed by atoms with E-state index in [0.29, 0.717) is 6.42 Å². The molecule has 1 amide bonds. The molecule has 0 atom stereocenters. The standard InChI is InChI=1S/C19H33N5O2/c1-21-10-12-23(13-11-21)19(25)6-5-17-15-18-16-22(8-4-14-26-2)7-3-9-24(18)20-17/h15H,3-14,16H2,1-2H3. The summed E-state index contributed by atoms with van der Waals surface area (Å²) in [5.74, 6) is 0.266. The summed E-state index contributed by atoms with van der Waals surface area (Å²) in [5, 5.41) is 4.76. The molecule has 1 aromatic rings. The lowest BCUT2D eigenvalue weighted by Gasteiger charge is -2.32. The quantitative estimate of drug-likeness (QED) is 0.672. The third-order valence-corrected chi connectivity index (χ3v) is 5.42. The summed E-state index contributed by atoms with van der Waals surface area (Å²) in [6.45, 7) is 8.57. The van der Waals surface area contributed by atoms with E-state index in [2.05, 4.69) is 27.6 Å². The molecule has 3 heterocycles. The summed E-state index contributed by atoms with van der Waals surface area (Å²) >= 11 is 0. The van der Waals surface area contributed by atoms with Gasteiger partial charge in [-0.1, -0.05) is 0 Å².